The van der Waals surface area contributed by atoms with Crippen LogP contribution in [0.5, 0.6) is 0 Å². The van der Waals surface area contributed by atoms with E-state index in [-0.39, 0.29) is 6.04 Å². The minimum Gasteiger partial charge on any atom is -0.456 e. The van der Waals surface area contributed by atoms with Crippen LogP contribution in [0.2, 0.25) is 0 Å². The SMILES string of the molecule is C1=CC2=c3oc4ccc(-c5cc(-c6ccccc6)nc(-c6cccc7oc8ccccc8c67)n5)cc4c3=C(c3ccccc3)NC2C=C1. The Kier molecular flexibility index (Phi) is 5.87. The van der Waals surface area contributed by atoms with Gasteiger partial charge in [-0.2, -0.15) is 0 Å². The van der Waals surface area contributed by atoms with Crippen LogP contribution < -0.4 is 16.0 Å². The van der Waals surface area contributed by atoms with Crippen LogP contribution in [0.15, 0.2) is 161 Å². The maximum absolute atomic E-state index is 6.64. The van der Waals surface area contributed by atoms with Gasteiger partial charge in [0.2, 0.25) is 0 Å². The standard InChI is InChI=1S/C43H27N3O2/c1-3-12-26(13-4-1)34-25-35(46-43(45-34)31-18-11-21-38-39(31)30-17-8-10-20-36(30)47-38)28-22-23-37-32(24-28)40-41(27-14-5-2-6-15-27)44-33-19-9-7-16-29(33)42(40)48-37/h1-25,33,44H. The summed E-state index contributed by atoms with van der Waals surface area (Å²) >= 11 is 0. The number of nitrogens with zero attached hydrogens (tertiary/aromatic N) is 2. The van der Waals surface area contributed by atoms with E-state index in [0.717, 1.165) is 88.5 Å². The first-order valence-electron chi connectivity index (χ1n) is 16.1. The van der Waals surface area contributed by atoms with Gasteiger partial charge in [0, 0.05) is 38.4 Å². The van der Waals surface area contributed by atoms with Crippen molar-refractivity contribution in [2.24, 2.45) is 0 Å². The Labute approximate surface area is 275 Å². The molecule has 0 bridgehead atoms. The van der Waals surface area contributed by atoms with Crippen molar-refractivity contribution >= 4 is 44.2 Å². The largest absolute Gasteiger partial charge is 0.456 e. The summed E-state index contributed by atoms with van der Waals surface area (Å²) in [4.78, 5) is 10.4. The summed E-state index contributed by atoms with van der Waals surface area (Å²) in [6, 6.07) is 43.5. The normalized spacial score (nSPS) is 15.2. The maximum Gasteiger partial charge on any atom is 0.161 e. The Balaban J connectivity index is 1.24. The van der Waals surface area contributed by atoms with Crippen LogP contribution in [0, 0.1) is 0 Å². The fourth-order valence-electron chi connectivity index (χ4n) is 7.09. The van der Waals surface area contributed by atoms with Crippen LogP contribution in [-0.4, -0.2) is 16.0 Å². The van der Waals surface area contributed by atoms with Gasteiger partial charge in [-0.05, 0) is 42.0 Å². The molecule has 0 radical (unpaired) electrons. The second-order valence-electron chi connectivity index (χ2n) is 12.2. The average Bonchev–Trinajstić information content (AvgIpc) is 3.74. The molecular weight excluding hydrogens is 590 g/mol. The highest BCUT2D eigenvalue weighted by atomic mass is 16.3. The summed E-state index contributed by atoms with van der Waals surface area (Å²) in [7, 11) is 0. The molecule has 2 aliphatic rings. The number of nitrogens with one attached hydrogen (secondary N) is 1. The average molecular weight is 618 g/mol. The molecule has 10 rings (SSSR count). The Morgan fingerprint density at radius 2 is 1.29 bits per heavy atom. The van der Waals surface area contributed by atoms with E-state index in [1.165, 1.54) is 0 Å². The highest BCUT2D eigenvalue weighted by molar-refractivity contribution is 6.11. The molecule has 4 heterocycles. The van der Waals surface area contributed by atoms with E-state index in [1.54, 1.807) is 0 Å². The summed E-state index contributed by atoms with van der Waals surface area (Å²) in [5.74, 6) is 0.647. The first-order chi connectivity index (χ1) is 23.8. The fourth-order valence-corrected chi connectivity index (χ4v) is 7.09. The molecule has 226 valence electrons. The number of para-hydroxylation sites is 1. The van der Waals surface area contributed by atoms with Gasteiger partial charge in [-0.3, -0.25) is 0 Å². The lowest BCUT2D eigenvalue weighted by Gasteiger charge is -2.24. The molecule has 5 heteroatoms. The number of aromatic nitrogens is 2. The zero-order chi connectivity index (χ0) is 31.6. The molecule has 1 aliphatic carbocycles. The Morgan fingerprint density at radius 3 is 2.15 bits per heavy atom. The van der Waals surface area contributed by atoms with Crippen LogP contribution in [0.4, 0.5) is 0 Å². The molecule has 0 amide bonds. The van der Waals surface area contributed by atoms with E-state index < -0.39 is 0 Å². The second kappa shape index (κ2) is 10.5. The minimum absolute atomic E-state index is 0.0392. The number of furan rings is 2. The lowest BCUT2D eigenvalue weighted by Crippen LogP contribution is -2.44. The minimum atomic E-state index is 0.0392. The van der Waals surface area contributed by atoms with Crippen molar-refractivity contribution in [2.45, 2.75) is 6.04 Å². The quantitative estimate of drug-likeness (QED) is 0.215. The van der Waals surface area contributed by atoms with Crippen molar-refractivity contribution in [1.82, 2.24) is 15.3 Å². The smallest absolute Gasteiger partial charge is 0.161 e. The van der Waals surface area contributed by atoms with Crippen LogP contribution in [0.1, 0.15) is 5.56 Å². The summed E-state index contributed by atoms with van der Waals surface area (Å²) in [5.41, 5.74) is 11.3. The molecule has 48 heavy (non-hydrogen) atoms. The third kappa shape index (κ3) is 4.18. The number of benzene rings is 5. The molecule has 0 spiro atoms. The van der Waals surface area contributed by atoms with Gasteiger partial charge in [0.05, 0.1) is 28.3 Å². The van der Waals surface area contributed by atoms with Gasteiger partial charge in [0.1, 0.15) is 22.2 Å². The van der Waals surface area contributed by atoms with Crippen molar-refractivity contribution in [3.8, 4) is 33.9 Å². The highest BCUT2D eigenvalue weighted by Gasteiger charge is 2.25. The van der Waals surface area contributed by atoms with Gasteiger partial charge >= 0.3 is 0 Å². The van der Waals surface area contributed by atoms with Crippen molar-refractivity contribution < 1.29 is 8.83 Å². The van der Waals surface area contributed by atoms with Crippen molar-refractivity contribution in [2.75, 3.05) is 0 Å². The fraction of sp³-hybridized carbons (Fsp3) is 0.0233. The van der Waals surface area contributed by atoms with Crippen LogP contribution in [-0.2, 0) is 0 Å². The molecule has 1 aliphatic heterocycles. The van der Waals surface area contributed by atoms with E-state index in [0.29, 0.717) is 5.82 Å². The van der Waals surface area contributed by atoms with Gasteiger partial charge in [0.25, 0.3) is 0 Å². The number of hydrogen-bond donors (Lipinski definition) is 1. The van der Waals surface area contributed by atoms with Crippen molar-refractivity contribution in [3.63, 3.8) is 0 Å². The van der Waals surface area contributed by atoms with E-state index >= 15 is 0 Å². The molecule has 1 N–H and O–H groups in total. The second-order valence-corrected chi connectivity index (χ2v) is 12.2. The van der Waals surface area contributed by atoms with Crippen LogP contribution in [0.3, 0.4) is 0 Å². The number of fused-ring (bicyclic) bond motifs is 7. The van der Waals surface area contributed by atoms with E-state index in [9.17, 15) is 0 Å². The number of rotatable bonds is 4. The van der Waals surface area contributed by atoms with Gasteiger partial charge < -0.3 is 14.2 Å². The summed E-state index contributed by atoms with van der Waals surface area (Å²) < 4.78 is 12.9. The molecule has 3 aromatic heterocycles. The zero-order valence-corrected chi connectivity index (χ0v) is 25.7. The van der Waals surface area contributed by atoms with Gasteiger partial charge in [-0.25, -0.2) is 9.97 Å². The molecule has 8 aromatic rings. The Bertz CT molecular complexity index is 2750. The van der Waals surface area contributed by atoms with Gasteiger partial charge in [0.15, 0.2) is 5.82 Å². The lowest BCUT2D eigenvalue weighted by atomic mass is 9.95. The van der Waals surface area contributed by atoms with Gasteiger partial charge in [-0.1, -0.05) is 115 Å². The molecule has 1 unspecified atom stereocenters. The van der Waals surface area contributed by atoms with E-state index in [2.05, 4.69) is 102 Å². The highest BCUT2D eigenvalue weighted by Crippen LogP contribution is 2.37. The molecule has 0 saturated heterocycles. The van der Waals surface area contributed by atoms with Crippen molar-refractivity contribution in [3.05, 3.63) is 168 Å². The van der Waals surface area contributed by atoms with Crippen molar-refractivity contribution in [1.29, 1.82) is 0 Å². The predicted molar refractivity (Wildman–Crippen MR) is 192 cm³/mol. The van der Waals surface area contributed by atoms with E-state index in [1.807, 2.05) is 54.6 Å². The monoisotopic (exact) mass is 617 g/mol. The molecular formula is C43H27N3O2. The Morgan fingerprint density at radius 1 is 0.562 bits per heavy atom. The van der Waals surface area contributed by atoms with E-state index in [4.69, 9.17) is 18.8 Å². The predicted octanol–water partition coefficient (Wildman–Crippen LogP) is 8.53. The summed E-state index contributed by atoms with van der Waals surface area (Å²) in [6.45, 7) is 0. The van der Waals surface area contributed by atoms with Gasteiger partial charge in [-0.15, -0.1) is 0 Å². The summed E-state index contributed by atoms with van der Waals surface area (Å²) in [6.07, 6.45) is 8.47. The molecule has 1 atom stereocenters. The third-order valence-electron chi connectivity index (χ3n) is 9.32. The van der Waals surface area contributed by atoms with Crippen LogP contribution >= 0.6 is 0 Å². The molecule has 5 nitrogen and oxygen atoms in total. The molecule has 0 saturated carbocycles. The number of allylic oxidation sites excluding steroid dienone is 2. The lowest BCUT2D eigenvalue weighted by molar-refractivity contribution is 0.564. The Hall–Kier alpha value is -6.46. The topological polar surface area (TPSA) is 64.1 Å². The van der Waals surface area contributed by atoms with Crippen LogP contribution in [0.25, 0.3) is 78.1 Å². The molecule has 0 fully saturated rings. The maximum atomic E-state index is 6.64. The summed E-state index contributed by atoms with van der Waals surface area (Å²) in [5, 5.41) is 7.96. The first kappa shape index (κ1) is 26.7. The molecule has 5 aromatic carbocycles. The third-order valence-corrected chi connectivity index (χ3v) is 9.32. The zero-order valence-electron chi connectivity index (χ0n) is 25.7. The number of hydrogen-bond acceptors (Lipinski definition) is 5. The first-order valence-corrected chi connectivity index (χ1v) is 16.1.